The Morgan fingerprint density at radius 2 is 1.63 bits per heavy atom. The maximum atomic E-state index is 3.37. The van der Waals surface area contributed by atoms with Crippen LogP contribution in [0.4, 0.5) is 0 Å². The predicted octanol–water partition coefficient (Wildman–Crippen LogP) is 4.14. The lowest BCUT2D eigenvalue weighted by Crippen LogP contribution is -2.23. The predicted molar refractivity (Wildman–Crippen MR) is 83.9 cm³/mol. The van der Waals surface area contributed by atoms with E-state index in [1.165, 1.54) is 36.0 Å². The zero-order chi connectivity index (χ0) is 14.3. The van der Waals surface area contributed by atoms with Crippen LogP contribution in [0.15, 0.2) is 12.1 Å². The van der Waals surface area contributed by atoms with E-state index in [-0.39, 0.29) is 5.41 Å². The maximum Gasteiger partial charge on any atom is 0.000800 e. The first-order valence-electron chi connectivity index (χ1n) is 7.53. The third kappa shape index (κ3) is 3.20. The van der Waals surface area contributed by atoms with E-state index in [0.29, 0.717) is 5.41 Å². The Labute approximate surface area is 118 Å². The number of hydrogen-bond acceptors (Lipinski definition) is 1. The minimum Gasteiger partial charge on any atom is -0.319 e. The van der Waals surface area contributed by atoms with Crippen molar-refractivity contribution in [3.8, 4) is 0 Å². The molecule has 0 saturated heterocycles. The summed E-state index contributed by atoms with van der Waals surface area (Å²) in [6.45, 7) is 12.6. The fourth-order valence-electron chi connectivity index (χ4n) is 3.05. The quantitative estimate of drug-likeness (QED) is 0.857. The molecule has 1 N–H and O–H groups in total. The summed E-state index contributed by atoms with van der Waals surface area (Å²) in [5, 5.41) is 3.37. The van der Waals surface area contributed by atoms with Gasteiger partial charge in [0.15, 0.2) is 0 Å². The lowest BCUT2D eigenvalue weighted by Gasteiger charge is -2.24. The Morgan fingerprint density at radius 1 is 1.11 bits per heavy atom. The third-order valence-electron chi connectivity index (χ3n) is 4.62. The highest BCUT2D eigenvalue weighted by atomic mass is 14.8. The van der Waals surface area contributed by atoms with Crippen molar-refractivity contribution in [1.82, 2.24) is 5.32 Å². The smallest absolute Gasteiger partial charge is 0.000800 e. The van der Waals surface area contributed by atoms with Crippen LogP contribution in [0.1, 0.15) is 55.9 Å². The van der Waals surface area contributed by atoms with Gasteiger partial charge in [0.2, 0.25) is 0 Å². The fourth-order valence-corrected chi connectivity index (χ4v) is 3.05. The molecule has 106 valence electrons. The SMILES string of the molecule is CNCC1(Cc2c(C)cc(C(C)(C)C)cc2C)CC1. The van der Waals surface area contributed by atoms with Crippen molar-refractivity contribution in [2.75, 3.05) is 13.6 Å². The van der Waals surface area contributed by atoms with E-state index in [1.807, 2.05) is 0 Å². The average Bonchev–Trinajstić information content (AvgIpc) is 3.03. The molecule has 0 aromatic heterocycles. The molecule has 0 heterocycles. The summed E-state index contributed by atoms with van der Waals surface area (Å²) in [6.07, 6.45) is 4.01. The van der Waals surface area contributed by atoms with Gasteiger partial charge in [0.25, 0.3) is 0 Å². The molecule has 19 heavy (non-hydrogen) atoms. The molecule has 0 spiro atoms. The molecule has 1 heteroatoms. The summed E-state index contributed by atoms with van der Waals surface area (Å²) in [4.78, 5) is 0. The summed E-state index contributed by atoms with van der Waals surface area (Å²) in [6, 6.07) is 4.80. The maximum absolute atomic E-state index is 3.37. The van der Waals surface area contributed by atoms with Gasteiger partial charge in [0, 0.05) is 6.54 Å². The Hall–Kier alpha value is -0.820. The molecule has 0 amide bonds. The summed E-state index contributed by atoms with van der Waals surface area (Å²) in [5.41, 5.74) is 6.80. The van der Waals surface area contributed by atoms with E-state index in [2.05, 4.69) is 59.1 Å². The molecule has 1 aromatic carbocycles. The molecule has 1 aromatic rings. The third-order valence-corrected chi connectivity index (χ3v) is 4.62. The second-order valence-electron chi connectivity index (χ2n) is 7.55. The van der Waals surface area contributed by atoms with Crippen molar-refractivity contribution in [3.63, 3.8) is 0 Å². The summed E-state index contributed by atoms with van der Waals surface area (Å²) in [7, 11) is 2.07. The van der Waals surface area contributed by atoms with Gasteiger partial charge >= 0.3 is 0 Å². The molecule has 0 atom stereocenters. The molecule has 1 saturated carbocycles. The molecule has 0 unspecified atom stereocenters. The van der Waals surface area contributed by atoms with Gasteiger partial charge in [-0.2, -0.15) is 0 Å². The lowest BCUT2D eigenvalue weighted by molar-refractivity contribution is 0.476. The molecule has 0 aliphatic heterocycles. The van der Waals surface area contributed by atoms with E-state index in [4.69, 9.17) is 0 Å². The van der Waals surface area contributed by atoms with Gasteiger partial charge < -0.3 is 5.32 Å². The standard InChI is InChI=1S/C18H29N/c1-13-9-15(17(3,4)5)10-14(2)16(13)11-18(7-8-18)12-19-6/h9-10,19H,7-8,11-12H2,1-6H3. The van der Waals surface area contributed by atoms with Gasteiger partial charge in [-0.3, -0.25) is 0 Å². The van der Waals surface area contributed by atoms with Crippen LogP contribution in [0.5, 0.6) is 0 Å². The van der Waals surface area contributed by atoms with Crippen LogP contribution in [-0.4, -0.2) is 13.6 Å². The first-order valence-corrected chi connectivity index (χ1v) is 7.53. The summed E-state index contributed by atoms with van der Waals surface area (Å²) < 4.78 is 0. The fraction of sp³-hybridized carbons (Fsp3) is 0.667. The number of rotatable bonds is 4. The molecular weight excluding hydrogens is 230 g/mol. The Morgan fingerprint density at radius 3 is 2.00 bits per heavy atom. The van der Waals surface area contributed by atoms with Crippen LogP contribution in [0, 0.1) is 19.3 Å². The molecular formula is C18H29N. The molecule has 1 aliphatic rings. The van der Waals surface area contributed by atoms with Crippen LogP contribution in [-0.2, 0) is 11.8 Å². The summed E-state index contributed by atoms with van der Waals surface area (Å²) in [5.74, 6) is 0. The second kappa shape index (κ2) is 4.94. The zero-order valence-corrected chi connectivity index (χ0v) is 13.5. The van der Waals surface area contributed by atoms with E-state index in [0.717, 1.165) is 6.54 Å². The first-order chi connectivity index (χ1) is 8.77. The monoisotopic (exact) mass is 259 g/mol. The normalized spacial score (nSPS) is 17.6. The number of aryl methyl sites for hydroxylation is 2. The molecule has 1 fully saturated rings. The Kier molecular flexibility index (Phi) is 3.79. The van der Waals surface area contributed by atoms with Crippen molar-refractivity contribution in [2.24, 2.45) is 5.41 Å². The van der Waals surface area contributed by atoms with Crippen LogP contribution in [0.3, 0.4) is 0 Å². The van der Waals surface area contributed by atoms with E-state index < -0.39 is 0 Å². The second-order valence-corrected chi connectivity index (χ2v) is 7.55. The first kappa shape index (κ1) is 14.6. The number of hydrogen-bond donors (Lipinski definition) is 1. The van der Waals surface area contributed by atoms with E-state index in [1.54, 1.807) is 5.56 Å². The summed E-state index contributed by atoms with van der Waals surface area (Å²) >= 11 is 0. The highest BCUT2D eigenvalue weighted by Gasteiger charge is 2.42. The van der Waals surface area contributed by atoms with Gasteiger partial charge in [0.05, 0.1) is 0 Å². The molecule has 0 bridgehead atoms. The van der Waals surface area contributed by atoms with Crippen LogP contribution >= 0.6 is 0 Å². The van der Waals surface area contributed by atoms with Gasteiger partial charge in [-0.05, 0) is 73.2 Å². The minimum atomic E-state index is 0.246. The largest absolute Gasteiger partial charge is 0.319 e. The van der Waals surface area contributed by atoms with Crippen LogP contribution in [0.25, 0.3) is 0 Å². The van der Waals surface area contributed by atoms with Crippen molar-refractivity contribution >= 4 is 0 Å². The molecule has 1 nitrogen and oxygen atoms in total. The number of benzene rings is 1. The highest BCUT2D eigenvalue weighted by molar-refractivity contribution is 5.41. The lowest BCUT2D eigenvalue weighted by atomic mass is 9.82. The van der Waals surface area contributed by atoms with E-state index in [9.17, 15) is 0 Å². The Bertz CT molecular complexity index is 438. The minimum absolute atomic E-state index is 0.246. The van der Waals surface area contributed by atoms with Crippen molar-refractivity contribution < 1.29 is 0 Å². The number of nitrogens with one attached hydrogen (secondary N) is 1. The van der Waals surface area contributed by atoms with Gasteiger partial charge in [-0.1, -0.05) is 32.9 Å². The van der Waals surface area contributed by atoms with Crippen LogP contribution in [0.2, 0.25) is 0 Å². The van der Waals surface area contributed by atoms with Gasteiger partial charge in [0.1, 0.15) is 0 Å². The molecule has 0 radical (unpaired) electrons. The average molecular weight is 259 g/mol. The highest BCUT2D eigenvalue weighted by Crippen LogP contribution is 2.48. The van der Waals surface area contributed by atoms with Crippen molar-refractivity contribution in [2.45, 2.75) is 59.3 Å². The van der Waals surface area contributed by atoms with Gasteiger partial charge in [-0.15, -0.1) is 0 Å². The van der Waals surface area contributed by atoms with Crippen LogP contribution < -0.4 is 5.32 Å². The molecule has 2 rings (SSSR count). The Balaban J connectivity index is 2.28. The van der Waals surface area contributed by atoms with E-state index >= 15 is 0 Å². The van der Waals surface area contributed by atoms with Crippen molar-refractivity contribution in [1.29, 1.82) is 0 Å². The van der Waals surface area contributed by atoms with Gasteiger partial charge in [-0.25, -0.2) is 0 Å². The molecule has 1 aliphatic carbocycles. The topological polar surface area (TPSA) is 12.0 Å². The zero-order valence-electron chi connectivity index (χ0n) is 13.5. The van der Waals surface area contributed by atoms with Crippen molar-refractivity contribution in [3.05, 3.63) is 34.4 Å².